The molecule has 1 aromatic rings. The monoisotopic (exact) mass is 194 g/mol. The Kier molecular flexibility index (Phi) is 3.98. The van der Waals surface area contributed by atoms with Crippen LogP contribution >= 0.6 is 0 Å². The zero-order chi connectivity index (χ0) is 10.4. The molecule has 1 aromatic carbocycles. The SMILES string of the molecule is COc1cccc(C(C)COC=O)c1. The zero-order valence-electron chi connectivity index (χ0n) is 8.40. The predicted octanol–water partition coefficient (Wildman–Crippen LogP) is 1.97. The van der Waals surface area contributed by atoms with Crippen LogP contribution < -0.4 is 4.74 Å². The molecule has 0 fully saturated rings. The van der Waals surface area contributed by atoms with Crippen LogP contribution in [0.5, 0.6) is 5.75 Å². The molecule has 3 heteroatoms. The fraction of sp³-hybridized carbons (Fsp3) is 0.364. The van der Waals surface area contributed by atoms with Crippen molar-refractivity contribution >= 4 is 6.47 Å². The number of hydrogen-bond donors (Lipinski definition) is 0. The second-order valence-electron chi connectivity index (χ2n) is 3.11. The molecule has 0 amide bonds. The van der Waals surface area contributed by atoms with Crippen LogP contribution in [0.15, 0.2) is 24.3 Å². The van der Waals surface area contributed by atoms with E-state index in [0.29, 0.717) is 13.1 Å². The summed E-state index contributed by atoms with van der Waals surface area (Å²) >= 11 is 0. The number of rotatable bonds is 5. The van der Waals surface area contributed by atoms with E-state index >= 15 is 0 Å². The molecule has 3 nitrogen and oxygen atoms in total. The Balaban J connectivity index is 2.68. The molecule has 14 heavy (non-hydrogen) atoms. The number of carbonyl (C=O) groups is 1. The average Bonchev–Trinajstić information content (AvgIpc) is 2.26. The summed E-state index contributed by atoms with van der Waals surface area (Å²) in [5.74, 6) is 1.01. The Bertz CT molecular complexity index is 296. The van der Waals surface area contributed by atoms with Gasteiger partial charge in [-0.1, -0.05) is 19.1 Å². The van der Waals surface area contributed by atoms with Crippen LogP contribution in [-0.2, 0) is 9.53 Å². The largest absolute Gasteiger partial charge is 0.497 e. The van der Waals surface area contributed by atoms with Gasteiger partial charge in [0.05, 0.1) is 13.7 Å². The van der Waals surface area contributed by atoms with Crippen LogP contribution in [0.3, 0.4) is 0 Å². The van der Waals surface area contributed by atoms with E-state index in [2.05, 4.69) is 0 Å². The molecule has 0 aliphatic heterocycles. The van der Waals surface area contributed by atoms with E-state index < -0.39 is 0 Å². The van der Waals surface area contributed by atoms with Crippen LogP contribution in [0.4, 0.5) is 0 Å². The van der Waals surface area contributed by atoms with E-state index in [1.54, 1.807) is 7.11 Å². The van der Waals surface area contributed by atoms with Crippen molar-refractivity contribution in [3.8, 4) is 5.75 Å². The lowest BCUT2D eigenvalue weighted by atomic mass is 10.0. The molecule has 0 aromatic heterocycles. The van der Waals surface area contributed by atoms with Gasteiger partial charge in [-0.25, -0.2) is 0 Å². The van der Waals surface area contributed by atoms with Crippen molar-refractivity contribution in [3.63, 3.8) is 0 Å². The van der Waals surface area contributed by atoms with Crippen LogP contribution in [0.25, 0.3) is 0 Å². The normalized spacial score (nSPS) is 11.9. The molecular weight excluding hydrogens is 180 g/mol. The summed E-state index contributed by atoms with van der Waals surface area (Å²) in [6.45, 7) is 2.87. The van der Waals surface area contributed by atoms with Gasteiger partial charge in [-0.3, -0.25) is 4.79 Å². The maximum Gasteiger partial charge on any atom is 0.293 e. The second kappa shape index (κ2) is 5.27. The highest BCUT2D eigenvalue weighted by Gasteiger charge is 2.06. The minimum absolute atomic E-state index is 0.190. The second-order valence-corrected chi connectivity index (χ2v) is 3.11. The van der Waals surface area contributed by atoms with Crippen molar-refractivity contribution in [1.29, 1.82) is 0 Å². The van der Waals surface area contributed by atoms with E-state index in [4.69, 9.17) is 9.47 Å². The minimum atomic E-state index is 0.190. The third-order valence-corrected chi connectivity index (χ3v) is 2.08. The molecule has 0 aliphatic rings. The van der Waals surface area contributed by atoms with Gasteiger partial charge in [0, 0.05) is 5.92 Å². The molecule has 0 aliphatic carbocycles. The Morgan fingerprint density at radius 3 is 2.93 bits per heavy atom. The van der Waals surface area contributed by atoms with Gasteiger partial charge >= 0.3 is 0 Å². The van der Waals surface area contributed by atoms with Crippen molar-refractivity contribution < 1.29 is 14.3 Å². The van der Waals surface area contributed by atoms with Crippen molar-refractivity contribution in [2.24, 2.45) is 0 Å². The summed E-state index contributed by atoms with van der Waals surface area (Å²) in [5.41, 5.74) is 1.10. The summed E-state index contributed by atoms with van der Waals surface area (Å²) in [7, 11) is 1.63. The van der Waals surface area contributed by atoms with Crippen molar-refractivity contribution in [1.82, 2.24) is 0 Å². The summed E-state index contributed by atoms with van der Waals surface area (Å²) < 4.78 is 9.80. The third kappa shape index (κ3) is 2.76. The highest BCUT2D eigenvalue weighted by molar-refractivity contribution is 5.37. The Morgan fingerprint density at radius 2 is 2.29 bits per heavy atom. The van der Waals surface area contributed by atoms with Crippen LogP contribution in [0.1, 0.15) is 18.4 Å². The zero-order valence-corrected chi connectivity index (χ0v) is 8.40. The van der Waals surface area contributed by atoms with Gasteiger partial charge in [-0.2, -0.15) is 0 Å². The molecule has 0 N–H and O–H groups in total. The maximum atomic E-state index is 10.0. The highest BCUT2D eigenvalue weighted by atomic mass is 16.5. The molecular formula is C11H14O3. The molecule has 1 unspecified atom stereocenters. The van der Waals surface area contributed by atoms with Gasteiger partial charge in [0.2, 0.25) is 0 Å². The molecule has 1 rings (SSSR count). The lowest BCUT2D eigenvalue weighted by Crippen LogP contribution is -2.03. The molecule has 0 radical (unpaired) electrons. The van der Waals surface area contributed by atoms with Gasteiger partial charge in [-0.15, -0.1) is 0 Å². The molecule has 1 atom stereocenters. The molecule has 0 heterocycles. The standard InChI is InChI=1S/C11H14O3/c1-9(7-14-8-12)10-4-3-5-11(6-10)13-2/h3-6,8-9H,7H2,1-2H3. The van der Waals surface area contributed by atoms with Gasteiger partial charge in [0.15, 0.2) is 0 Å². The number of carbonyl (C=O) groups excluding carboxylic acids is 1. The molecule has 76 valence electrons. The minimum Gasteiger partial charge on any atom is -0.497 e. The lowest BCUT2D eigenvalue weighted by molar-refractivity contribution is -0.129. The Morgan fingerprint density at radius 1 is 1.50 bits per heavy atom. The summed E-state index contributed by atoms with van der Waals surface area (Å²) in [4.78, 5) is 10.0. The first kappa shape index (κ1) is 10.6. The van der Waals surface area contributed by atoms with Crippen LogP contribution in [0.2, 0.25) is 0 Å². The number of benzene rings is 1. The van der Waals surface area contributed by atoms with E-state index in [-0.39, 0.29) is 5.92 Å². The number of ether oxygens (including phenoxy) is 2. The average molecular weight is 194 g/mol. The van der Waals surface area contributed by atoms with Crippen molar-refractivity contribution in [3.05, 3.63) is 29.8 Å². The van der Waals surface area contributed by atoms with Crippen LogP contribution in [0, 0.1) is 0 Å². The first-order chi connectivity index (χ1) is 6.77. The van der Waals surface area contributed by atoms with Crippen molar-refractivity contribution in [2.45, 2.75) is 12.8 Å². The van der Waals surface area contributed by atoms with E-state index in [1.165, 1.54) is 0 Å². The first-order valence-corrected chi connectivity index (χ1v) is 4.47. The maximum absolute atomic E-state index is 10.0. The summed E-state index contributed by atoms with van der Waals surface area (Å²) in [6.07, 6.45) is 0. The molecule has 0 saturated carbocycles. The topological polar surface area (TPSA) is 35.5 Å². The summed E-state index contributed by atoms with van der Waals surface area (Å²) in [6, 6.07) is 7.74. The molecule has 0 spiro atoms. The van der Waals surface area contributed by atoms with E-state index in [1.807, 2.05) is 31.2 Å². The predicted molar refractivity (Wildman–Crippen MR) is 53.4 cm³/mol. The Hall–Kier alpha value is -1.51. The van der Waals surface area contributed by atoms with Gasteiger partial charge in [-0.05, 0) is 17.7 Å². The van der Waals surface area contributed by atoms with Gasteiger partial charge in [0.25, 0.3) is 6.47 Å². The fourth-order valence-corrected chi connectivity index (χ4v) is 1.23. The number of methoxy groups -OCH3 is 1. The van der Waals surface area contributed by atoms with E-state index in [0.717, 1.165) is 11.3 Å². The van der Waals surface area contributed by atoms with Crippen LogP contribution in [-0.4, -0.2) is 20.2 Å². The Labute approximate surface area is 83.6 Å². The lowest BCUT2D eigenvalue weighted by Gasteiger charge is -2.11. The smallest absolute Gasteiger partial charge is 0.293 e. The van der Waals surface area contributed by atoms with E-state index in [9.17, 15) is 4.79 Å². The summed E-state index contributed by atoms with van der Waals surface area (Å²) in [5, 5.41) is 0. The molecule has 0 saturated heterocycles. The fourth-order valence-electron chi connectivity index (χ4n) is 1.23. The number of hydrogen-bond acceptors (Lipinski definition) is 3. The van der Waals surface area contributed by atoms with Gasteiger partial charge in [0.1, 0.15) is 5.75 Å². The first-order valence-electron chi connectivity index (χ1n) is 4.47. The quantitative estimate of drug-likeness (QED) is 0.672. The van der Waals surface area contributed by atoms with Crippen molar-refractivity contribution in [2.75, 3.05) is 13.7 Å². The third-order valence-electron chi connectivity index (χ3n) is 2.08. The molecule has 0 bridgehead atoms. The van der Waals surface area contributed by atoms with Gasteiger partial charge < -0.3 is 9.47 Å². The highest BCUT2D eigenvalue weighted by Crippen LogP contribution is 2.20.